The number of fused-ring (bicyclic) bond motifs is 1. The first-order chi connectivity index (χ1) is 6.22. The number of imidazole rings is 1. The van der Waals surface area contributed by atoms with Crippen LogP contribution in [-0.2, 0) is 6.54 Å². The first-order valence-electron chi connectivity index (χ1n) is 3.97. The molecule has 2 aromatic heterocycles. The Balaban J connectivity index is 2.89. The van der Waals surface area contributed by atoms with Gasteiger partial charge in [0.2, 0.25) is 0 Å². The van der Waals surface area contributed by atoms with Crippen LogP contribution < -0.4 is 5.69 Å². The summed E-state index contributed by atoms with van der Waals surface area (Å²) in [5.74, 6) is 0. The second-order valence-electron chi connectivity index (χ2n) is 2.68. The Morgan fingerprint density at radius 1 is 1.62 bits per heavy atom. The highest BCUT2D eigenvalue weighted by Gasteiger charge is 2.05. The molecule has 0 aromatic carbocycles. The molecule has 2 aromatic rings. The first-order valence-corrected chi connectivity index (χ1v) is 4.76. The SMILES string of the molecule is CCn1c(=O)[nH]c2ccc(Br)nc21. The molecule has 0 aliphatic carbocycles. The first kappa shape index (κ1) is 8.50. The van der Waals surface area contributed by atoms with Crippen LogP contribution in [0.25, 0.3) is 11.2 Å². The highest BCUT2D eigenvalue weighted by atomic mass is 79.9. The number of rotatable bonds is 1. The standard InChI is InChI=1S/C8H8BrN3O/c1-2-12-7-5(10-8(12)13)3-4-6(9)11-7/h3-4H,2H2,1H3,(H,10,13). The summed E-state index contributed by atoms with van der Waals surface area (Å²) in [6.07, 6.45) is 0. The zero-order valence-electron chi connectivity index (χ0n) is 7.04. The Kier molecular flexibility index (Phi) is 1.95. The van der Waals surface area contributed by atoms with Crippen LogP contribution in [0.5, 0.6) is 0 Å². The smallest absolute Gasteiger partial charge is 0.304 e. The molecule has 0 radical (unpaired) electrons. The third kappa shape index (κ3) is 1.29. The highest BCUT2D eigenvalue weighted by molar-refractivity contribution is 9.10. The van der Waals surface area contributed by atoms with Crippen LogP contribution in [0.3, 0.4) is 0 Å². The lowest BCUT2D eigenvalue weighted by Gasteiger charge is -1.96. The molecule has 68 valence electrons. The molecule has 2 heterocycles. The fourth-order valence-electron chi connectivity index (χ4n) is 1.30. The zero-order valence-corrected chi connectivity index (χ0v) is 8.63. The van der Waals surface area contributed by atoms with E-state index in [9.17, 15) is 4.79 Å². The summed E-state index contributed by atoms with van der Waals surface area (Å²) in [6.45, 7) is 2.54. The van der Waals surface area contributed by atoms with E-state index in [0.717, 1.165) is 10.1 Å². The van der Waals surface area contributed by atoms with Crippen molar-refractivity contribution in [3.8, 4) is 0 Å². The molecule has 1 N–H and O–H groups in total. The summed E-state index contributed by atoms with van der Waals surface area (Å²) in [4.78, 5) is 18.3. The molecule has 0 aliphatic rings. The Hall–Kier alpha value is -1.10. The maximum Gasteiger partial charge on any atom is 0.327 e. The monoisotopic (exact) mass is 241 g/mol. The van der Waals surface area contributed by atoms with Crippen molar-refractivity contribution in [3.05, 3.63) is 27.2 Å². The fraction of sp³-hybridized carbons (Fsp3) is 0.250. The molecule has 2 rings (SSSR count). The van der Waals surface area contributed by atoms with E-state index < -0.39 is 0 Å². The van der Waals surface area contributed by atoms with Crippen molar-refractivity contribution in [3.63, 3.8) is 0 Å². The average molecular weight is 242 g/mol. The number of nitrogens with one attached hydrogen (secondary N) is 1. The van der Waals surface area contributed by atoms with Gasteiger partial charge in [-0.2, -0.15) is 0 Å². The van der Waals surface area contributed by atoms with E-state index in [1.54, 1.807) is 10.6 Å². The second kappa shape index (κ2) is 2.99. The van der Waals surface area contributed by atoms with Gasteiger partial charge in [-0.15, -0.1) is 0 Å². The van der Waals surface area contributed by atoms with Gasteiger partial charge >= 0.3 is 5.69 Å². The quantitative estimate of drug-likeness (QED) is 0.770. The largest absolute Gasteiger partial charge is 0.327 e. The Bertz CT molecular complexity index is 500. The number of aromatic amines is 1. The molecule has 4 nitrogen and oxygen atoms in total. The van der Waals surface area contributed by atoms with Crippen molar-refractivity contribution in [1.29, 1.82) is 0 Å². The number of H-pyrrole nitrogens is 1. The van der Waals surface area contributed by atoms with Crippen molar-refractivity contribution in [2.24, 2.45) is 0 Å². The van der Waals surface area contributed by atoms with Crippen molar-refractivity contribution < 1.29 is 0 Å². The van der Waals surface area contributed by atoms with Gasteiger partial charge < -0.3 is 4.98 Å². The predicted molar refractivity (Wildman–Crippen MR) is 53.7 cm³/mol. The van der Waals surface area contributed by atoms with Gasteiger partial charge in [0.1, 0.15) is 4.60 Å². The molecule has 0 amide bonds. The Morgan fingerprint density at radius 3 is 3.08 bits per heavy atom. The van der Waals surface area contributed by atoms with Crippen LogP contribution in [0, 0.1) is 0 Å². The summed E-state index contributed by atoms with van der Waals surface area (Å²) in [5.41, 5.74) is 1.36. The van der Waals surface area contributed by atoms with Gasteiger partial charge in [0.25, 0.3) is 0 Å². The number of nitrogens with zero attached hydrogens (tertiary/aromatic N) is 2. The highest BCUT2D eigenvalue weighted by Crippen LogP contribution is 2.12. The molecule has 13 heavy (non-hydrogen) atoms. The van der Waals surface area contributed by atoms with Gasteiger partial charge in [0.15, 0.2) is 5.65 Å². The molecule has 0 fully saturated rings. The van der Waals surface area contributed by atoms with E-state index in [1.807, 2.05) is 13.0 Å². The maximum atomic E-state index is 11.3. The lowest BCUT2D eigenvalue weighted by molar-refractivity contribution is 0.745. The minimum absolute atomic E-state index is 0.108. The van der Waals surface area contributed by atoms with Gasteiger partial charge in [-0.05, 0) is 35.0 Å². The number of hydrogen-bond acceptors (Lipinski definition) is 2. The number of halogens is 1. The Morgan fingerprint density at radius 2 is 2.38 bits per heavy atom. The van der Waals surface area contributed by atoms with Gasteiger partial charge in [-0.3, -0.25) is 4.57 Å². The molecule has 5 heteroatoms. The lowest BCUT2D eigenvalue weighted by Crippen LogP contribution is -2.15. The van der Waals surface area contributed by atoms with E-state index in [-0.39, 0.29) is 5.69 Å². The number of pyridine rings is 1. The van der Waals surface area contributed by atoms with Gasteiger partial charge in [-0.1, -0.05) is 0 Å². The van der Waals surface area contributed by atoms with Crippen molar-refractivity contribution in [1.82, 2.24) is 14.5 Å². The van der Waals surface area contributed by atoms with Crippen molar-refractivity contribution in [2.75, 3.05) is 0 Å². The van der Waals surface area contributed by atoms with Crippen LogP contribution in [0.2, 0.25) is 0 Å². The van der Waals surface area contributed by atoms with Gasteiger partial charge in [0.05, 0.1) is 5.52 Å². The molecule has 0 saturated carbocycles. The van der Waals surface area contributed by atoms with Crippen molar-refractivity contribution in [2.45, 2.75) is 13.5 Å². The third-order valence-electron chi connectivity index (χ3n) is 1.90. The molecule has 0 unspecified atom stereocenters. The maximum absolute atomic E-state index is 11.3. The molecular formula is C8H8BrN3O. The van der Waals surface area contributed by atoms with Crippen molar-refractivity contribution >= 4 is 27.1 Å². The molecular weight excluding hydrogens is 234 g/mol. The van der Waals surface area contributed by atoms with Crippen LogP contribution in [0.1, 0.15) is 6.92 Å². The summed E-state index contributed by atoms with van der Waals surface area (Å²) >= 11 is 3.26. The second-order valence-corrected chi connectivity index (χ2v) is 3.49. The predicted octanol–water partition coefficient (Wildman–Crippen LogP) is 1.51. The van der Waals surface area contributed by atoms with Gasteiger partial charge in [0, 0.05) is 6.54 Å². The molecule has 0 spiro atoms. The topological polar surface area (TPSA) is 50.7 Å². The number of hydrogen-bond donors (Lipinski definition) is 1. The molecule has 0 saturated heterocycles. The summed E-state index contributed by atoms with van der Waals surface area (Å²) in [7, 11) is 0. The average Bonchev–Trinajstić information content (AvgIpc) is 2.40. The molecule has 0 bridgehead atoms. The van der Waals surface area contributed by atoms with Crippen LogP contribution in [0.4, 0.5) is 0 Å². The third-order valence-corrected chi connectivity index (χ3v) is 2.34. The lowest BCUT2D eigenvalue weighted by atomic mass is 10.4. The normalized spacial score (nSPS) is 10.9. The van der Waals surface area contributed by atoms with Crippen LogP contribution in [0.15, 0.2) is 21.5 Å². The fourth-order valence-corrected chi connectivity index (χ4v) is 1.60. The number of aryl methyl sites for hydroxylation is 1. The minimum atomic E-state index is -0.108. The van der Waals surface area contributed by atoms with Crippen LogP contribution in [-0.4, -0.2) is 14.5 Å². The molecule has 0 aliphatic heterocycles. The molecule has 0 atom stereocenters. The van der Waals surface area contributed by atoms with E-state index in [2.05, 4.69) is 25.9 Å². The van der Waals surface area contributed by atoms with E-state index in [4.69, 9.17) is 0 Å². The van der Waals surface area contributed by atoms with Gasteiger partial charge in [-0.25, -0.2) is 9.78 Å². The van der Waals surface area contributed by atoms with E-state index >= 15 is 0 Å². The Labute approximate surface area is 82.7 Å². The summed E-state index contributed by atoms with van der Waals surface area (Å²) in [5, 5.41) is 0. The number of aromatic nitrogens is 3. The summed E-state index contributed by atoms with van der Waals surface area (Å²) in [6, 6.07) is 3.64. The van der Waals surface area contributed by atoms with Crippen LogP contribution >= 0.6 is 15.9 Å². The van der Waals surface area contributed by atoms with E-state index in [0.29, 0.717) is 12.2 Å². The zero-order chi connectivity index (χ0) is 9.42. The minimum Gasteiger partial charge on any atom is -0.304 e. The summed E-state index contributed by atoms with van der Waals surface area (Å²) < 4.78 is 2.33. The van der Waals surface area contributed by atoms with E-state index in [1.165, 1.54) is 0 Å².